The fourth-order valence-corrected chi connectivity index (χ4v) is 1.96. The zero-order chi connectivity index (χ0) is 13.0. The van der Waals surface area contributed by atoms with Gasteiger partial charge in [-0.2, -0.15) is 0 Å². The molecule has 0 saturated carbocycles. The molecule has 0 aromatic heterocycles. The molecular weight excluding hydrogens is 234 g/mol. The van der Waals surface area contributed by atoms with Crippen molar-refractivity contribution in [3.8, 4) is 0 Å². The minimum absolute atomic E-state index is 0.232. The maximum atomic E-state index is 11.6. The lowest BCUT2D eigenvalue weighted by atomic mass is 9.96. The summed E-state index contributed by atoms with van der Waals surface area (Å²) in [6.07, 6.45) is -0.403. The molecule has 1 heterocycles. The van der Waals surface area contributed by atoms with Gasteiger partial charge in [-0.3, -0.25) is 0 Å². The van der Waals surface area contributed by atoms with Crippen molar-refractivity contribution in [3.05, 3.63) is 35.9 Å². The first-order valence-corrected chi connectivity index (χ1v) is 5.80. The number of carbonyl (C=O) groups is 1. The Kier molecular flexibility index (Phi) is 3.84. The Morgan fingerprint density at radius 2 is 2.06 bits per heavy atom. The van der Waals surface area contributed by atoms with Crippen LogP contribution in [0.25, 0.3) is 0 Å². The third-order valence-electron chi connectivity index (χ3n) is 2.85. The number of benzene rings is 1. The Balaban J connectivity index is 1.74. The van der Waals surface area contributed by atoms with Crippen LogP contribution in [-0.4, -0.2) is 48.5 Å². The Hall–Kier alpha value is -1.59. The van der Waals surface area contributed by atoms with Gasteiger partial charge in [0.15, 0.2) is 0 Å². The topological polar surface area (TPSA) is 59.0 Å². The molecule has 1 aromatic carbocycles. The highest BCUT2D eigenvalue weighted by Crippen LogP contribution is 2.22. The van der Waals surface area contributed by atoms with E-state index in [1.165, 1.54) is 12.0 Å². The van der Waals surface area contributed by atoms with Crippen molar-refractivity contribution >= 4 is 6.09 Å². The molecule has 98 valence electrons. The Morgan fingerprint density at radius 1 is 1.39 bits per heavy atom. The highest BCUT2D eigenvalue weighted by atomic mass is 16.6. The predicted molar refractivity (Wildman–Crippen MR) is 65.0 cm³/mol. The molecule has 0 bridgehead atoms. The van der Waals surface area contributed by atoms with E-state index in [2.05, 4.69) is 0 Å². The van der Waals surface area contributed by atoms with Gasteiger partial charge in [0.2, 0.25) is 0 Å². The fourth-order valence-electron chi connectivity index (χ4n) is 1.96. The Morgan fingerprint density at radius 3 is 2.67 bits per heavy atom. The number of methoxy groups -OCH3 is 1. The lowest BCUT2D eigenvalue weighted by molar-refractivity contribution is -0.124. The van der Waals surface area contributed by atoms with Gasteiger partial charge in [-0.1, -0.05) is 30.3 Å². The van der Waals surface area contributed by atoms with Crippen LogP contribution in [0.5, 0.6) is 0 Å². The first kappa shape index (κ1) is 12.9. The van der Waals surface area contributed by atoms with Crippen molar-refractivity contribution < 1.29 is 19.4 Å². The fraction of sp³-hybridized carbons (Fsp3) is 0.462. The summed E-state index contributed by atoms with van der Waals surface area (Å²) in [6, 6.07) is 9.48. The number of hydrogen-bond acceptors (Lipinski definition) is 4. The number of hydrogen-bond donors (Lipinski definition) is 1. The van der Waals surface area contributed by atoms with Gasteiger partial charge < -0.3 is 19.5 Å². The molecule has 0 spiro atoms. The van der Waals surface area contributed by atoms with Crippen LogP contribution in [0.3, 0.4) is 0 Å². The molecule has 2 rings (SSSR count). The van der Waals surface area contributed by atoms with Crippen molar-refractivity contribution in [2.24, 2.45) is 0 Å². The average Bonchev–Trinajstić information content (AvgIpc) is 2.34. The molecular formula is C13H17NO4. The van der Waals surface area contributed by atoms with E-state index in [0.717, 1.165) is 5.56 Å². The van der Waals surface area contributed by atoms with Crippen molar-refractivity contribution in [2.75, 3.05) is 26.8 Å². The molecule has 1 aliphatic heterocycles. The summed E-state index contributed by atoms with van der Waals surface area (Å²) in [6.45, 7) is 0.997. The van der Waals surface area contributed by atoms with Crippen LogP contribution in [0.1, 0.15) is 5.56 Å². The molecule has 0 radical (unpaired) electrons. The molecule has 1 fully saturated rings. The smallest absolute Gasteiger partial charge is 0.410 e. The zero-order valence-corrected chi connectivity index (χ0v) is 10.3. The summed E-state index contributed by atoms with van der Waals surface area (Å²) in [5.41, 5.74) is 0.0269. The summed E-state index contributed by atoms with van der Waals surface area (Å²) in [5.74, 6) is 0. The van der Waals surface area contributed by atoms with E-state index in [4.69, 9.17) is 9.47 Å². The molecule has 0 atom stereocenters. The molecule has 5 heteroatoms. The Bertz CT molecular complexity index is 401. The van der Waals surface area contributed by atoms with E-state index in [9.17, 15) is 9.90 Å². The second-order valence-corrected chi connectivity index (χ2v) is 4.55. The van der Waals surface area contributed by atoms with Gasteiger partial charge in [-0.25, -0.2) is 4.79 Å². The number of β-amino-alcohol motifs (C(OH)–C–C–N with tert-alkyl or cyclic N) is 1. The summed E-state index contributed by atoms with van der Waals surface area (Å²) < 4.78 is 10.0. The molecule has 1 aromatic rings. The summed E-state index contributed by atoms with van der Waals surface area (Å²) in [7, 11) is 1.52. The van der Waals surface area contributed by atoms with Gasteiger partial charge in [-0.15, -0.1) is 0 Å². The molecule has 0 aliphatic carbocycles. The van der Waals surface area contributed by atoms with Gasteiger partial charge in [0.25, 0.3) is 0 Å². The normalized spacial score (nSPS) is 17.1. The molecule has 1 N–H and O–H groups in total. The summed E-state index contributed by atoms with van der Waals surface area (Å²) in [4.78, 5) is 13.1. The van der Waals surface area contributed by atoms with Gasteiger partial charge in [0.1, 0.15) is 12.2 Å². The van der Waals surface area contributed by atoms with Crippen LogP contribution >= 0.6 is 0 Å². The maximum Gasteiger partial charge on any atom is 0.410 e. The van der Waals surface area contributed by atoms with Gasteiger partial charge in [-0.05, 0) is 5.56 Å². The van der Waals surface area contributed by atoms with Gasteiger partial charge >= 0.3 is 6.09 Å². The SMILES string of the molecule is COCC1(O)CN(C(=O)OCc2ccccc2)C1. The number of aliphatic hydroxyl groups is 1. The van der Waals surface area contributed by atoms with Crippen LogP contribution in [0.2, 0.25) is 0 Å². The van der Waals surface area contributed by atoms with Gasteiger partial charge in [0.05, 0.1) is 19.7 Å². The number of rotatable bonds is 4. The van der Waals surface area contributed by atoms with Crippen molar-refractivity contribution in [1.82, 2.24) is 4.90 Å². The van der Waals surface area contributed by atoms with Crippen LogP contribution in [0, 0.1) is 0 Å². The van der Waals surface area contributed by atoms with Crippen LogP contribution < -0.4 is 0 Å². The average molecular weight is 251 g/mol. The maximum absolute atomic E-state index is 11.6. The van der Waals surface area contributed by atoms with E-state index in [-0.39, 0.29) is 26.3 Å². The second kappa shape index (κ2) is 5.37. The Labute approximate surface area is 106 Å². The van der Waals surface area contributed by atoms with E-state index in [1.54, 1.807) is 0 Å². The zero-order valence-electron chi connectivity index (χ0n) is 10.3. The summed E-state index contributed by atoms with van der Waals surface area (Å²) in [5, 5.41) is 9.84. The van der Waals surface area contributed by atoms with E-state index in [1.807, 2.05) is 30.3 Å². The number of ether oxygens (including phenoxy) is 2. The highest BCUT2D eigenvalue weighted by molar-refractivity contribution is 5.69. The van der Waals surface area contributed by atoms with Crippen LogP contribution in [0.4, 0.5) is 4.79 Å². The number of nitrogens with zero attached hydrogens (tertiary/aromatic N) is 1. The minimum Gasteiger partial charge on any atom is -0.445 e. The molecule has 5 nitrogen and oxygen atoms in total. The van der Waals surface area contributed by atoms with E-state index >= 15 is 0 Å². The minimum atomic E-state index is -0.916. The van der Waals surface area contributed by atoms with Crippen molar-refractivity contribution in [2.45, 2.75) is 12.2 Å². The highest BCUT2D eigenvalue weighted by Gasteiger charge is 2.44. The quantitative estimate of drug-likeness (QED) is 0.868. The number of likely N-dealkylation sites (tertiary alicyclic amines) is 1. The lowest BCUT2D eigenvalue weighted by Crippen LogP contribution is -2.65. The van der Waals surface area contributed by atoms with Gasteiger partial charge in [0, 0.05) is 7.11 Å². The van der Waals surface area contributed by atoms with Crippen molar-refractivity contribution in [1.29, 1.82) is 0 Å². The third-order valence-corrected chi connectivity index (χ3v) is 2.85. The van der Waals surface area contributed by atoms with E-state index < -0.39 is 11.7 Å². The molecule has 1 saturated heterocycles. The third kappa shape index (κ3) is 3.00. The first-order chi connectivity index (χ1) is 8.63. The number of carbonyl (C=O) groups excluding carboxylic acids is 1. The molecule has 1 aliphatic rings. The van der Waals surface area contributed by atoms with Crippen molar-refractivity contribution in [3.63, 3.8) is 0 Å². The number of amides is 1. The second-order valence-electron chi connectivity index (χ2n) is 4.55. The summed E-state index contributed by atoms with van der Waals surface area (Å²) >= 11 is 0. The monoisotopic (exact) mass is 251 g/mol. The largest absolute Gasteiger partial charge is 0.445 e. The molecule has 1 amide bonds. The standard InChI is InChI=1S/C13H17NO4/c1-17-10-13(16)8-14(9-13)12(15)18-7-11-5-3-2-4-6-11/h2-6,16H,7-10H2,1H3. The van der Waals surface area contributed by atoms with Crippen LogP contribution in [-0.2, 0) is 16.1 Å². The lowest BCUT2D eigenvalue weighted by Gasteiger charge is -2.44. The molecule has 0 unspecified atom stereocenters. The molecule has 18 heavy (non-hydrogen) atoms. The predicted octanol–water partition coefficient (Wildman–Crippen LogP) is 1.02. The van der Waals surface area contributed by atoms with E-state index in [0.29, 0.717) is 0 Å². The first-order valence-electron chi connectivity index (χ1n) is 5.80. The van der Waals surface area contributed by atoms with Crippen LogP contribution in [0.15, 0.2) is 30.3 Å².